The molecule has 0 heterocycles. The number of benzene rings is 1. The van der Waals surface area contributed by atoms with Crippen molar-refractivity contribution >= 4 is 29.1 Å². The van der Waals surface area contributed by atoms with Gasteiger partial charge in [0.2, 0.25) is 0 Å². The van der Waals surface area contributed by atoms with Gasteiger partial charge in [0, 0.05) is 23.0 Å². The number of hydrogen-bond donors (Lipinski definition) is 2. The highest BCUT2D eigenvalue weighted by atomic mass is 32.2. The maximum atomic E-state index is 11.1. The SMILES string of the molecule is CSC1CCCC(Nc2ccc([N+](=O)[O-])c(C(=O)O)c2)C1. The number of carboxylic acid groups (broad SMARTS) is 1. The lowest BCUT2D eigenvalue weighted by Gasteiger charge is -2.29. The van der Waals surface area contributed by atoms with E-state index in [4.69, 9.17) is 5.11 Å². The van der Waals surface area contributed by atoms with Gasteiger partial charge in [-0.2, -0.15) is 11.8 Å². The van der Waals surface area contributed by atoms with Gasteiger partial charge in [0.15, 0.2) is 0 Å². The fourth-order valence-electron chi connectivity index (χ4n) is 2.68. The van der Waals surface area contributed by atoms with Crippen LogP contribution < -0.4 is 5.32 Å². The second kappa shape index (κ2) is 6.80. The lowest BCUT2D eigenvalue weighted by molar-refractivity contribution is -0.385. The van der Waals surface area contributed by atoms with Gasteiger partial charge < -0.3 is 10.4 Å². The van der Waals surface area contributed by atoms with Crippen LogP contribution in [0.1, 0.15) is 36.0 Å². The highest BCUT2D eigenvalue weighted by molar-refractivity contribution is 7.99. The molecule has 0 saturated heterocycles. The molecule has 0 amide bonds. The van der Waals surface area contributed by atoms with E-state index in [0.29, 0.717) is 17.0 Å². The van der Waals surface area contributed by atoms with Crippen LogP contribution in [0.15, 0.2) is 18.2 Å². The molecule has 21 heavy (non-hydrogen) atoms. The summed E-state index contributed by atoms with van der Waals surface area (Å²) in [5.74, 6) is -1.28. The van der Waals surface area contributed by atoms with E-state index >= 15 is 0 Å². The highest BCUT2D eigenvalue weighted by Gasteiger charge is 2.23. The van der Waals surface area contributed by atoms with Crippen LogP contribution in [-0.2, 0) is 0 Å². The molecule has 1 aliphatic carbocycles. The fraction of sp³-hybridized carbons (Fsp3) is 0.500. The molecule has 114 valence electrons. The summed E-state index contributed by atoms with van der Waals surface area (Å²) in [5, 5.41) is 23.8. The molecule has 7 heteroatoms. The van der Waals surface area contributed by atoms with Gasteiger partial charge in [-0.1, -0.05) is 6.42 Å². The first kappa shape index (κ1) is 15.6. The van der Waals surface area contributed by atoms with Crippen molar-refractivity contribution in [3.63, 3.8) is 0 Å². The number of nitro benzene ring substituents is 1. The predicted octanol–water partition coefficient (Wildman–Crippen LogP) is 3.38. The first-order valence-corrected chi connectivity index (χ1v) is 8.11. The van der Waals surface area contributed by atoms with Crippen molar-refractivity contribution in [2.45, 2.75) is 37.0 Å². The molecule has 1 fully saturated rings. The summed E-state index contributed by atoms with van der Waals surface area (Å²) in [7, 11) is 0. The van der Waals surface area contributed by atoms with Gasteiger partial charge in [-0.05, 0) is 37.7 Å². The van der Waals surface area contributed by atoms with E-state index in [1.54, 1.807) is 6.07 Å². The smallest absolute Gasteiger partial charge is 0.342 e. The number of aromatic carboxylic acids is 1. The molecule has 2 atom stereocenters. The molecule has 1 saturated carbocycles. The average Bonchev–Trinajstić information content (AvgIpc) is 2.47. The van der Waals surface area contributed by atoms with Gasteiger partial charge >= 0.3 is 5.97 Å². The summed E-state index contributed by atoms with van der Waals surface area (Å²) in [6.45, 7) is 0. The van der Waals surface area contributed by atoms with E-state index < -0.39 is 10.9 Å². The van der Waals surface area contributed by atoms with E-state index in [9.17, 15) is 14.9 Å². The summed E-state index contributed by atoms with van der Waals surface area (Å²) in [6, 6.07) is 4.47. The Morgan fingerprint density at radius 3 is 2.86 bits per heavy atom. The first-order chi connectivity index (χ1) is 10.0. The van der Waals surface area contributed by atoms with Crippen molar-refractivity contribution < 1.29 is 14.8 Å². The minimum absolute atomic E-state index is 0.276. The zero-order valence-electron chi connectivity index (χ0n) is 11.7. The predicted molar refractivity (Wildman–Crippen MR) is 83.2 cm³/mol. The van der Waals surface area contributed by atoms with Crippen molar-refractivity contribution in [1.29, 1.82) is 0 Å². The molecule has 1 aromatic carbocycles. The topological polar surface area (TPSA) is 92.5 Å². The number of hydrogen-bond acceptors (Lipinski definition) is 5. The molecule has 1 aromatic rings. The summed E-state index contributed by atoms with van der Waals surface area (Å²) in [5.41, 5.74) is -0.0225. The minimum Gasteiger partial charge on any atom is -0.477 e. The van der Waals surface area contributed by atoms with Crippen LogP contribution in [0.4, 0.5) is 11.4 Å². The van der Waals surface area contributed by atoms with E-state index in [1.165, 1.54) is 18.6 Å². The molecule has 1 aliphatic rings. The Morgan fingerprint density at radius 1 is 1.48 bits per heavy atom. The Balaban J connectivity index is 2.15. The van der Waals surface area contributed by atoms with Crippen LogP contribution in [0, 0.1) is 10.1 Å². The van der Waals surface area contributed by atoms with Gasteiger partial charge in [-0.15, -0.1) is 0 Å². The summed E-state index contributed by atoms with van der Waals surface area (Å²) in [4.78, 5) is 21.3. The Kier molecular flexibility index (Phi) is 5.06. The standard InChI is InChI=1S/C14H18N2O4S/c1-21-11-4-2-3-9(7-11)15-10-5-6-13(16(19)20)12(8-10)14(17)18/h5-6,8-9,11,15H,2-4,7H2,1H3,(H,17,18). The van der Waals surface area contributed by atoms with Crippen molar-refractivity contribution in [3.8, 4) is 0 Å². The molecule has 2 N–H and O–H groups in total. The maximum Gasteiger partial charge on any atom is 0.342 e. The molecular weight excluding hydrogens is 292 g/mol. The minimum atomic E-state index is -1.28. The van der Waals surface area contributed by atoms with Gasteiger partial charge in [0.05, 0.1) is 4.92 Å². The molecule has 0 bridgehead atoms. The second-order valence-corrected chi connectivity index (χ2v) is 6.30. The Labute approximate surface area is 127 Å². The number of nitrogens with zero attached hydrogens (tertiary/aromatic N) is 1. The molecule has 0 aliphatic heterocycles. The van der Waals surface area contributed by atoms with E-state index in [0.717, 1.165) is 19.3 Å². The lowest BCUT2D eigenvalue weighted by Crippen LogP contribution is -2.28. The number of nitrogens with one attached hydrogen (secondary N) is 1. The third kappa shape index (κ3) is 3.87. The quantitative estimate of drug-likeness (QED) is 0.640. The van der Waals surface area contributed by atoms with Crippen LogP contribution in [0.2, 0.25) is 0 Å². The van der Waals surface area contributed by atoms with Crippen molar-refractivity contribution in [1.82, 2.24) is 0 Å². The van der Waals surface area contributed by atoms with Crippen molar-refractivity contribution in [2.24, 2.45) is 0 Å². The van der Waals surface area contributed by atoms with Gasteiger partial charge in [0.1, 0.15) is 5.56 Å². The number of rotatable bonds is 5. The zero-order chi connectivity index (χ0) is 15.4. The largest absolute Gasteiger partial charge is 0.477 e. The number of carboxylic acids is 1. The molecule has 2 rings (SSSR count). The monoisotopic (exact) mass is 310 g/mol. The van der Waals surface area contributed by atoms with E-state index in [-0.39, 0.29) is 11.3 Å². The van der Waals surface area contributed by atoms with Crippen LogP contribution in [0.5, 0.6) is 0 Å². The van der Waals surface area contributed by atoms with Crippen molar-refractivity contribution in [2.75, 3.05) is 11.6 Å². The van der Waals surface area contributed by atoms with Crippen LogP contribution in [0.25, 0.3) is 0 Å². The number of carbonyl (C=O) groups is 1. The maximum absolute atomic E-state index is 11.1. The highest BCUT2D eigenvalue weighted by Crippen LogP contribution is 2.30. The normalized spacial score (nSPS) is 21.8. The Morgan fingerprint density at radius 2 is 2.24 bits per heavy atom. The van der Waals surface area contributed by atoms with Crippen LogP contribution in [-0.4, -0.2) is 33.5 Å². The third-order valence-electron chi connectivity index (χ3n) is 3.75. The van der Waals surface area contributed by atoms with Crippen molar-refractivity contribution in [3.05, 3.63) is 33.9 Å². The number of nitro groups is 1. The van der Waals surface area contributed by atoms with Crippen LogP contribution >= 0.6 is 11.8 Å². The van der Waals surface area contributed by atoms with Crippen LogP contribution in [0.3, 0.4) is 0 Å². The Hall–Kier alpha value is -1.76. The molecule has 6 nitrogen and oxygen atoms in total. The Bertz CT molecular complexity index is 550. The first-order valence-electron chi connectivity index (χ1n) is 6.82. The van der Waals surface area contributed by atoms with Gasteiger partial charge in [-0.25, -0.2) is 4.79 Å². The third-order valence-corrected chi connectivity index (χ3v) is 4.85. The van der Waals surface area contributed by atoms with E-state index in [1.807, 2.05) is 11.8 Å². The number of thioether (sulfide) groups is 1. The molecule has 0 radical (unpaired) electrons. The fourth-order valence-corrected chi connectivity index (χ4v) is 3.51. The zero-order valence-corrected chi connectivity index (χ0v) is 12.6. The lowest BCUT2D eigenvalue weighted by atomic mass is 9.94. The average molecular weight is 310 g/mol. The van der Waals surface area contributed by atoms with Gasteiger partial charge in [-0.3, -0.25) is 10.1 Å². The second-order valence-electron chi connectivity index (χ2n) is 5.16. The van der Waals surface area contributed by atoms with Gasteiger partial charge in [0.25, 0.3) is 5.69 Å². The summed E-state index contributed by atoms with van der Waals surface area (Å²) in [6.07, 6.45) is 6.51. The molecule has 0 aromatic heterocycles. The molecule has 2 unspecified atom stereocenters. The summed E-state index contributed by atoms with van der Waals surface area (Å²) >= 11 is 1.85. The summed E-state index contributed by atoms with van der Waals surface area (Å²) < 4.78 is 0. The number of anilines is 1. The molecular formula is C14H18N2O4S. The van der Waals surface area contributed by atoms with E-state index in [2.05, 4.69) is 11.6 Å². The molecule has 0 spiro atoms.